The van der Waals surface area contributed by atoms with Crippen molar-refractivity contribution < 1.29 is 9.47 Å². The lowest BCUT2D eigenvalue weighted by Crippen LogP contribution is -1.92. The number of halogens is 1. The lowest BCUT2D eigenvalue weighted by atomic mass is 10.1. The van der Waals surface area contributed by atoms with E-state index in [1.165, 1.54) is 0 Å². The van der Waals surface area contributed by atoms with Crippen molar-refractivity contribution >= 4 is 15.9 Å². The van der Waals surface area contributed by atoms with Gasteiger partial charge in [0.05, 0.1) is 18.7 Å². The van der Waals surface area contributed by atoms with Crippen molar-refractivity contribution in [2.24, 2.45) is 0 Å². The van der Waals surface area contributed by atoms with E-state index >= 15 is 0 Å². The fraction of sp³-hybridized carbons (Fsp3) is 0.300. The maximum atomic E-state index is 5.20. The minimum Gasteiger partial charge on any atom is -0.496 e. The Kier molecular flexibility index (Phi) is 3.60. The molecule has 0 aliphatic heterocycles. The van der Waals surface area contributed by atoms with Crippen molar-refractivity contribution in [1.29, 1.82) is 0 Å². The first-order chi connectivity index (χ1) is 6.22. The molecule has 1 aromatic carbocycles. The number of hydrogen-bond donors (Lipinski definition) is 0. The summed E-state index contributed by atoms with van der Waals surface area (Å²) in [6, 6.07) is 3.83. The summed E-state index contributed by atoms with van der Waals surface area (Å²) in [6.07, 6.45) is 1.98. The standard InChI is InChI=1S/C10H12BrO2/c1-4-7-5-10(13-3)8(11)6-9(7)12-2/h4-6H,1-3H3. The van der Waals surface area contributed by atoms with E-state index in [4.69, 9.17) is 9.47 Å². The average molecular weight is 244 g/mol. The zero-order chi connectivity index (χ0) is 9.84. The van der Waals surface area contributed by atoms with Gasteiger partial charge in [0, 0.05) is 5.56 Å². The third-order valence-corrected chi connectivity index (χ3v) is 2.43. The summed E-state index contributed by atoms with van der Waals surface area (Å²) in [4.78, 5) is 0. The molecule has 1 rings (SSSR count). The highest BCUT2D eigenvalue weighted by Crippen LogP contribution is 2.33. The van der Waals surface area contributed by atoms with Crippen LogP contribution < -0.4 is 9.47 Å². The van der Waals surface area contributed by atoms with Crippen molar-refractivity contribution in [1.82, 2.24) is 0 Å². The van der Waals surface area contributed by atoms with Gasteiger partial charge in [-0.3, -0.25) is 0 Å². The molecule has 3 heteroatoms. The number of methoxy groups -OCH3 is 2. The van der Waals surface area contributed by atoms with Gasteiger partial charge in [-0.05, 0) is 34.5 Å². The second-order valence-corrected chi connectivity index (χ2v) is 3.37. The molecule has 0 unspecified atom stereocenters. The van der Waals surface area contributed by atoms with Crippen LogP contribution in [0, 0.1) is 6.42 Å². The van der Waals surface area contributed by atoms with Crippen LogP contribution in [0.4, 0.5) is 0 Å². The predicted molar refractivity (Wildman–Crippen MR) is 56.3 cm³/mol. The number of ether oxygens (including phenoxy) is 2. The van der Waals surface area contributed by atoms with Gasteiger partial charge in [0.1, 0.15) is 11.5 Å². The molecule has 0 heterocycles. The second-order valence-electron chi connectivity index (χ2n) is 2.52. The highest BCUT2D eigenvalue weighted by molar-refractivity contribution is 9.10. The molecule has 71 valence electrons. The summed E-state index contributed by atoms with van der Waals surface area (Å²) in [5, 5.41) is 0. The van der Waals surface area contributed by atoms with Crippen LogP contribution in [0.25, 0.3) is 0 Å². The predicted octanol–water partition coefficient (Wildman–Crippen LogP) is 3.04. The van der Waals surface area contributed by atoms with Crippen molar-refractivity contribution in [3.63, 3.8) is 0 Å². The lowest BCUT2D eigenvalue weighted by Gasteiger charge is -2.10. The molecule has 0 N–H and O–H groups in total. The number of hydrogen-bond acceptors (Lipinski definition) is 2. The molecular weight excluding hydrogens is 232 g/mol. The Morgan fingerprint density at radius 2 is 1.77 bits per heavy atom. The summed E-state index contributed by atoms with van der Waals surface area (Å²) in [5.41, 5.74) is 1.03. The monoisotopic (exact) mass is 243 g/mol. The van der Waals surface area contributed by atoms with Gasteiger partial charge in [0.25, 0.3) is 0 Å². The maximum Gasteiger partial charge on any atom is 0.133 e. The number of rotatable bonds is 3. The Balaban J connectivity index is 3.18. The Morgan fingerprint density at radius 3 is 2.23 bits per heavy atom. The van der Waals surface area contributed by atoms with E-state index in [2.05, 4.69) is 15.9 Å². The largest absolute Gasteiger partial charge is 0.496 e. The van der Waals surface area contributed by atoms with Crippen LogP contribution >= 0.6 is 15.9 Å². The first kappa shape index (κ1) is 10.4. The number of benzene rings is 1. The molecule has 2 nitrogen and oxygen atoms in total. The van der Waals surface area contributed by atoms with Crippen molar-refractivity contribution in [3.8, 4) is 11.5 Å². The van der Waals surface area contributed by atoms with Crippen LogP contribution in [-0.2, 0) is 0 Å². The molecule has 0 spiro atoms. The fourth-order valence-corrected chi connectivity index (χ4v) is 1.59. The Bertz CT molecular complexity index is 297. The molecule has 0 fully saturated rings. The molecule has 0 saturated heterocycles. The minimum absolute atomic E-state index is 0.814. The van der Waals surface area contributed by atoms with Gasteiger partial charge in [0.15, 0.2) is 0 Å². The van der Waals surface area contributed by atoms with E-state index in [0.29, 0.717) is 0 Å². The van der Waals surface area contributed by atoms with Gasteiger partial charge in [-0.2, -0.15) is 0 Å². The first-order valence-corrected chi connectivity index (χ1v) is 4.73. The van der Waals surface area contributed by atoms with Crippen LogP contribution in [0.5, 0.6) is 11.5 Å². The summed E-state index contributed by atoms with van der Waals surface area (Å²) < 4.78 is 11.3. The molecule has 0 aliphatic rings. The van der Waals surface area contributed by atoms with E-state index in [0.717, 1.165) is 21.5 Å². The van der Waals surface area contributed by atoms with Gasteiger partial charge in [-0.15, -0.1) is 0 Å². The highest BCUT2D eigenvalue weighted by Gasteiger charge is 2.07. The van der Waals surface area contributed by atoms with Gasteiger partial charge in [-0.25, -0.2) is 0 Å². The van der Waals surface area contributed by atoms with Crippen molar-refractivity contribution in [2.45, 2.75) is 6.92 Å². The van der Waals surface area contributed by atoms with Crippen molar-refractivity contribution in [3.05, 3.63) is 28.6 Å². The average Bonchev–Trinajstić information content (AvgIpc) is 2.17. The van der Waals surface area contributed by atoms with E-state index in [9.17, 15) is 0 Å². The Hall–Kier alpha value is -0.700. The van der Waals surface area contributed by atoms with Gasteiger partial charge in [-0.1, -0.05) is 6.92 Å². The molecule has 0 saturated carbocycles. The summed E-state index contributed by atoms with van der Waals surface area (Å²) in [6.45, 7) is 1.96. The third kappa shape index (κ3) is 2.15. The molecule has 0 aromatic heterocycles. The molecule has 13 heavy (non-hydrogen) atoms. The van der Waals surface area contributed by atoms with Crippen molar-refractivity contribution in [2.75, 3.05) is 14.2 Å². The quantitative estimate of drug-likeness (QED) is 0.813. The van der Waals surface area contributed by atoms with Crippen LogP contribution in [0.2, 0.25) is 0 Å². The zero-order valence-electron chi connectivity index (χ0n) is 7.93. The first-order valence-electron chi connectivity index (χ1n) is 3.93. The second kappa shape index (κ2) is 4.51. The third-order valence-electron chi connectivity index (χ3n) is 1.82. The zero-order valence-corrected chi connectivity index (χ0v) is 9.51. The van der Waals surface area contributed by atoms with Crippen LogP contribution in [0.1, 0.15) is 12.5 Å². The topological polar surface area (TPSA) is 18.5 Å². The minimum atomic E-state index is 0.814. The van der Waals surface area contributed by atoms with Gasteiger partial charge < -0.3 is 9.47 Å². The summed E-state index contributed by atoms with van der Waals surface area (Å²) in [7, 11) is 3.30. The lowest BCUT2D eigenvalue weighted by molar-refractivity contribution is 0.399. The molecule has 1 radical (unpaired) electrons. The van der Waals surface area contributed by atoms with E-state index in [1.54, 1.807) is 14.2 Å². The molecule has 0 atom stereocenters. The molecule has 1 aromatic rings. The Labute approximate surface area is 87.0 Å². The summed E-state index contributed by atoms with van der Waals surface area (Å²) in [5.74, 6) is 1.66. The van der Waals surface area contributed by atoms with E-state index in [1.807, 2.05) is 25.5 Å². The van der Waals surface area contributed by atoms with Gasteiger partial charge >= 0.3 is 0 Å². The SMILES string of the molecule is C[CH]c1cc(OC)c(Br)cc1OC. The van der Waals surface area contributed by atoms with Gasteiger partial charge in [0.2, 0.25) is 0 Å². The van der Waals surface area contributed by atoms with E-state index in [-0.39, 0.29) is 0 Å². The Morgan fingerprint density at radius 1 is 1.15 bits per heavy atom. The fourth-order valence-electron chi connectivity index (χ4n) is 1.11. The summed E-state index contributed by atoms with van der Waals surface area (Å²) >= 11 is 3.39. The van der Waals surface area contributed by atoms with Crippen LogP contribution in [0.15, 0.2) is 16.6 Å². The highest BCUT2D eigenvalue weighted by atomic mass is 79.9. The molecule has 0 amide bonds. The maximum absolute atomic E-state index is 5.20. The van der Waals surface area contributed by atoms with E-state index < -0.39 is 0 Å². The smallest absolute Gasteiger partial charge is 0.133 e. The van der Waals surface area contributed by atoms with Crippen LogP contribution in [0.3, 0.4) is 0 Å². The molecular formula is C10H12BrO2. The molecule has 0 bridgehead atoms. The molecule has 0 aliphatic carbocycles. The normalized spacial score (nSPS) is 9.85. The van der Waals surface area contributed by atoms with Crippen LogP contribution in [-0.4, -0.2) is 14.2 Å².